The van der Waals surface area contributed by atoms with Gasteiger partial charge >= 0.3 is 0 Å². The summed E-state index contributed by atoms with van der Waals surface area (Å²) in [6.45, 7) is 4.11. The molecule has 0 saturated carbocycles. The normalized spacial score (nSPS) is 10.9. The Morgan fingerprint density at radius 3 is 2.67 bits per heavy atom. The third kappa shape index (κ3) is 4.12. The molecule has 9 heteroatoms. The van der Waals surface area contributed by atoms with Crippen LogP contribution in [-0.2, 0) is 4.79 Å². The van der Waals surface area contributed by atoms with Crippen molar-refractivity contribution < 1.29 is 14.3 Å². The zero-order valence-electron chi connectivity index (χ0n) is 15.3. The van der Waals surface area contributed by atoms with Crippen molar-refractivity contribution in [2.75, 3.05) is 25.3 Å². The monoisotopic (exact) mass is 423 g/mol. The Morgan fingerprint density at radius 1 is 1.22 bits per heavy atom. The number of rotatable bonds is 6. The summed E-state index contributed by atoms with van der Waals surface area (Å²) >= 11 is 9.15. The molecule has 1 amide bonds. The molecule has 142 valence electrons. The molecule has 0 unspecified atom stereocenters. The van der Waals surface area contributed by atoms with E-state index >= 15 is 0 Å². The highest BCUT2D eigenvalue weighted by molar-refractivity contribution is 8.00. The molecule has 0 aliphatic rings. The van der Waals surface area contributed by atoms with Crippen molar-refractivity contribution in [3.63, 3.8) is 0 Å². The lowest BCUT2D eigenvalue weighted by Crippen LogP contribution is -2.15. The number of hydrogen-bond acceptors (Lipinski definition) is 7. The molecule has 6 nitrogen and oxygen atoms in total. The van der Waals surface area contributed by atoms with E-state index in [1.165, 1.54) is 37.2 Å². The maximum absolute atomic E-state index is 12.4. The van der Waals surface area contributed by atoms with E-state index in [-0.39, 0.29) is 11.7 Å². The fraction of sp³-hybridized carbons (Fsp3) is 0.278. The van der Waals surface area contributed by atoms with Crippen LogP contribution in [0.5, 0.6) is 11.5 Å². The highest BCUT2D eigenvalue weighted by Crippen LogP contribution is 2.37. The average Bonchev–Trinajstić information content (AvgIpc) is 2.95. The highest BCUT2D eigenvalue weighted by atomic mass is 35.5. The van der Waals surface area contributed by atoms with E-state index < -0.39 is 0 Å². The number of thioether (sulfide) groups is 1. The number of amides is 1. The number of ether oxygens (including phenoxy) is 2. The van der Waals surface area contributed by atoms with Gasteiger partial charge in [0.25, 0.3) is 0 Å². The number of thiophene rings is 1. The summed E-state index contributed by atoms with van der Waals surface area (Å²) in [4.78, 5) is 23.2. The first-order chi connectivity index (χ1) is 12.9. The molecule has 0 aliphatic heterocycles. The molecule has 3 rings (SSSR count). The molecule has 27 heavy (non-hydrogen) atoms. The summed E-state index contributed by atoms with van der Waals surface area (Å²) in [5, 5.41) is 5.04. The summed E-state index contributed by atoms with van der Waals surface area (Å²) in [7, 11) is 3.04. The van der Waals surface area contributed by atoms with Crippen LogP contribution in [0.15, 0.2) is 23.5 Å². The molecule has 3 aromatic rings. The molecule has 1 N–H and O–H groups in total. The number of carbonyl (C=O) groups excluding carboxylic acids is 1. The molecular formula is C18H18ClN3O3S2. The van der Waals surface area contributed by atoms with Crippen molar-refractivity contribution in [1.82, 2.24) is 9.97 Å². The summed E-state index contributed by atoms with van der Waals surface area (Å²) in [5.74, 6) is 0.972. The van der Waals surface area contributed by atoms with Crippen LogP contribution in [-0.4, -0.2) is 35.8 Å². The van der Waals surface area contributed by atoms with E-state index in [4.69, 9.17) is 21.1 Å². The Hall–Kier alpha value is -2.03. The smallest absolute Gasteiger partial charge is 0.234 e. The van der Waals surface area contributed by atoms with Gasteiger partial charge in [0.15, 0.2) is 0 Å². The quantitative estimate of drug-likeness (QED) is 0.457. The molecule has 0 fully saturated rings. The minimum atomic E-state index is -0.184. The van der Waals surface area contributed by atoms with Gasteiger partial charge in [-0.3, -0.25) is 4.79 Å². The fourth-order valence-corrected chi connectivity index (χ4v) is 4.70. The predicted octanol–water partition coefficient (Wildman–Crippen LogP) is 4.71. The Labute approximate surface area is 170 Å². The molecule has 2 aromatic heterocycles. The lowest BCUT2D eigenvalue weighted by molar-refractivity contribution is -0.113. The Balaban J connectivity index is 1.75. The largest absolute Gasteiger partial charge is 0.495 e. The number of hydrogen-bond donors (Lipinski definition) is 1. The Morgan fingerprint density at radius 2 is 1.96 bits per heavy atom. The predicted molar refractivity (Wildman–Crippen MR) is 111 cm³/mol. The van der Waals surface area contributed by atoms with Crippen molar-refractivity contribution in [3.05, 3.63) is 33.9 Å². The van der Waals surface area contributed by atoms with E-state index in [2.05, 4.69) is 22.2 Å². The molecule has 0 atom stereocenters. The average molecular weight is 424 g/mol. The highest BCUT2D eigenvalue weighted by Gasteiger charge is 2.16. The van der Waals surface area contributed by atoms with Gasteiger partial charge in [-0.2, -0.15) is 0 Å². The van der Waals surface area contributed by atoms with Crippen molar-refractivity contribution in [3.8, 4) is 11.5 Å². The summed E-state index contributed by atoms with van der Waals surface area (Å²) in [6, 6.07) is 3.24. The van der Waals surface area contributed by atoms with Gasteiger partial charge in [-0.25, -0.2) is 9.97 Å². The molecule has 0 saturated heterocycles. The van der Waals surface area contributed by atoms with Gasteiger partial charge in [0.1, 0.15) is 27.7 Å². The van der Waals surface area contributed by atoms with Crippen LogP contribution in [0.2, 0.25) is 5.02 Å². The number of benzene rings is 1. The van der Waals surface area contributed by atoms with Crippen molar-refractivity contribution in [2.45, 2.75) is 18.9 Å². The standard InChI is InChI=1S/C18H18ClN3O3S2/c1-9-10(2)27-18-16(9)17(20-8-21-18)26-7-15(23)22-12-5-11(19)13(24-3)6-14(12)25-4/h5-6,8H,7H2,1-4H3,(H,22,23). The lowest BCUT2D eigenvalue weighted by Gasteiger charge is -2.13. The second kappa shape index (κ2) is 8.33. The van der Waals surface area contributed by atoms with E-state index in [1.54, 1.807) is 23.5 Å². The van der Waals surface area contributed by atoms with E-state index in [0.717, 1.165) is 20.8 Å². The molecule has 0 aliphatic carbocycles. The van der Waals surface area contributed by atoms with E-state index in [0.29, 0.717) is 22.2 Å². The van der Waals surface area contributed by atoms with Crippen LogP contribution in [0.4, 0.5) is 5.69 Å². The first kappa shape index (κ1) is 19.7. The van der Waals surface area contributed by atoms with E-state index in [1.807, 2.05) is 6.92 Å². The van der Waals surface area contributed by atoms with Crippen molar-refractivity contribution in [1.29, 1.82) is 0 Å². The molecule has 2 heterocycles. The second-order valence-electron chi connectivity index (χ2n) is 5.67. The Kier molecular flexibility index (Phi) is 6.08. The van der Waals surface area contributed by atoms with Crippen LogP contribution < -0.4 is 14.8 Å². The van der Waals surface area contributed by atoms with Gasteiger partial charge in [0, 0.05) is 16.3 Å². The number of fused-ring (bicyclic) bond motifs is 1. The number of halogens is 1. The summed E-state index contributed by atoms with van der Waals surface area (Å²) < 4.78 is 10.5. The maximum Gasteiger partial charge on any atom is 0.234 e. The number of methoxy groups -OCH3 is 2. The molecule has 1 aromatic carbocycles. The van der Waals surface area contributed by atoms with Crippen molar-refractivity contribution >= 4 is 56.5 Å². The number of aromatic nitrogens is 2. The first-order valence-electron chi connectivity index (χ1n) is 7.99. The van der Waals surface area contributed by atoms with Crippen molar-refractivity contribution in [2.24, 2.45) is 0 Å². The van der Waals surface area contributed by atoms with Crippen LogP contribution in [0.25, 0.3) is 10.2 Å². The molecule has 0 bridgehead atoms. The van der Waals surface area contributed by atoms with Gasteiger partial charge in [-0.15, -0.1) is 11.3 Å². The van der Waals surface area contributed by atoms with Crippen LogP contribution in [0.1, 0.15) is 10.4 Å². The van der Waals surface area contributed by atoms with Gasteiger partial charge in [0.2, 0.25) is 5.91 Å². The summed E-state index contributed by atoms with van der Waals surface area (Å²) in [5.41, 5.74) is 1.64. The molecular weight excluding hydrogens is 406 g/mol. The number of nitrogens with zero attached hydrogens (tertiary/aromatic N) is 2. The third-order valence-corrected chi connectivity index (χ3v) is 6.42. The summed E-state index contributed by atoms with van der Waals surface area (Å²) in [6.07, 6.45) is 1.53. The van der Waals surface area contributed by atoms with Gasteiger partial charge < -0.3 is 14.8 Å². The second-order valence-corrected chi connectivity index (χ2v) is 8.24. The molecule has 0 radical (unpaired) electrons. The maximum atomic E-state index is 12.4. The van der Waals surface area contributed by atoms with Gasteiger partial charge in [0.05, 0.1) is 30.7 Å². The first-order valence-corrected chi connectivity index (χ1v) is 10.2. The number of aryl methyl sites for hydroxylation is 2. The zero-order valence-corrected chi connectivity index (χ0v) is 17.6. The third-order valence-electron chi connectivity index (χ3n) is 4.02. The minimum Gasteiger partial charge on any atom is -0.495 e. The zero-order chi connectivity index (χ0) is 19.6. The van der Waals surface area contributed by atoms with Crippen LogP contribution >= 0.6 is 34.7 Å². The minimum absolute atomic E-state index is 0.184. The van der Waals surface area contributed by atoms with E-state index in [9.17, 15) is 4.79 Å². The SMILES string of the molecule is COc1cc(OC)c(NC(=O)CSc2ncnc3sc(C)c(C)c23)cc1Cl. The number of anilines is 1. The Bertz CT molecular complexity index is 1010. The molecule has 0 spiro atoms. The van der Waals surface area contributed by atoms with Gasteiger partial charge in [-0.05, 0) is 25.5 Å². The topological polar surface area (TPSA) is 73.3 Å². The van der Waals surface area contributed by atoms with Crippen LogP contribution in [0.3, 0.4) is 0 Å². The van der Waals surface area contributed by atoms with Crippen LogP contribution in [0, 0.1) is 13.8 Å². The number of carbonyl (C=O) groups is 1. The fourth-order valence-electron chi connectivity index (χ4n) is 2.54. The number of nitrogens with one attached hydrogen (secondary N) is 1. The van der Waals surface area contributed by atoms with Gasteiger partial charge in [-0.1, -0.05) is 23.4 Å². The lowest BCUT2D eigenvalue weighted by atomic mass is 10.2.